The van der Waals surface area contributed by atoms with Gasteiger partial charge in [-0.3, -0.25) is 14.9 Å². The van der Waals surface area contributed by atoms with Gasteiger partial charge in [0.1, 0.15) is 5.69 Å². The van der Waals surface area contributed by atoms with E-state index < -0.39 is 0 Å². The summed E-state index contributed by atoms with van der Waals surface area (Å²) in [5.74, 6) is 1.58. The van der Waals surface area contributed by atoms with Gasteiger partial charge < -0.3 is 5.32 Å². The molecule has 6 nitrogen and oxygen atoms in total. The molecule has 2 aromatic rings. The molecule has 23 heavy (non-hydrogen) atoms. The van der Waals surface area contributed by atoms with Gasteiger partial charge in [0.15, 0.2) is 5.82 Å². The van der Waals surface area contributed by atoms with E-state index in [4.69, 9.17) is 0 Å². The number of carbonyl (C=O) groups is 1. The molecule has 0 bridgehead atoms. The van der Waals surface area contributed by atoms with Crippen molar-refractivity contribution in [3.63, 3.8) is 0 Å². The minimum Gasteiger partial charge on any atom is -0.352 e. The normalized spacial score (nSPS) is 21.1. The lowest BCUT2D eigenvalue weighted by molar-refractivity contribution is -0.119. The summed E-state index contributed by atoms with van der Waals surface area (Å²) in [5.41, 5.74) is 0.743. The summed E-state index contributed by atoms with van der Waals surface area (Å²) in [5, 5.41) is 10.7. The van der Waals surface area contributed by atoms with E-state index in [0.29, 0.717) is 28.7 Å². The number of amides is 1. The van der Waals surface area contributed by atoms with Gasteiger partial charge in [-0.2, -0.15) is 4.98 Å². The van der Waals surface area contributed by atoms with Crippen LogP contribution < -0.4 is 5.32 Å². The molecular weight excluding hydrogens is 310 g/mol. The van der Waals surface area contributed by atoms with Gasteiger partial charge in [0.25, 0.3) is 0 Å². The summed E-state index contributed by atoms with van der Waals surface area (Å²) < 4.78 is 0. The van der Waals surface area contributed by atoms with Crippen molar-refractivity contribution in [1.29, 1.82) is 0 Å². The first-order chi connectivity index (χ1) is 11.2. The zero-order valence-electron chi connectivity index (χ0n) is 13.2. The van der Waals surface area contributed by atoms with E-state index >= 15 is 0 Å². The van der Waals surface area contributed by atoms with Crippen LogP contribution in [0.1, 0.15) is 32.6 Å². The largest absolute Gasteiger partial charge is 0.352 e. The molecule has 1 amide bonds. The molecule has 0 spiro atoms. The first-order valence-corrected chi connectivity index (χ1v) is 8.97. The summed E-state index contributed by atoms with van der Waals surface area (Å²) in [6.07, 6.45) is 6.48. The summed E-state index contributed by atoms with van der Waals surface area (Å²) >= 11 is 1.34. The number of carbonyl (C=O) groups excluding carboxylic acids is 1. The van der Waals surface area contributed by atoms with Crippen LogP contribution in [0, 0.1) is 5.92 Å². The van der Waals surface area contributed by atoms with Crippen molar-refractivity contribution in [3.8, 4) is 11.5 Å². The number of nitrogens with zero attached hydrogens (tertiary/aromatic N) is 3. The SMILES string of the molecule is C[C@@H]1CCCC[C@H]1NC(=O)CSc1n[nH]c(-c2ccccn2)n1. The molecule has 3 rings (SSSR count). The molecule has 0 aromatic carbocycles. The lowest BCUT2D eigenvalue weighted by Gasteiger charge is -2.29. The summed E-state index contributed by atoms with van der Waals surface area (Å²) in [4.78, 5) is 20.7. The fourth-order valence-corrected chi connectivity index (χ4v) is 3.45. The third kappa shape index (κ3) is 4.31. The Morgan fingerprint density at radius 2 is 2.26 bits per heavy atom. The molecule has 2 heterocycles. The van der Waals surface area contributed by atoms with Crippen LogP contribution in [-0.2, 0) is 4.79 Å². The fourth-order valence-electron chi connectivity index (χ4n) is 2.84. The minimum atomic E-state index is 0.0536. The Morgan fingerprint density at radius 1 is 1.39 bits per heavy atom. The monoisotopic (exact) mass is 331 g/mol. The second-order valence-corrected chi connectivity index (χ2v) is 6.85. The Kier molecular flexibility index (Phi) is 5.27. The Hall–Kier alpha value is -1.89. The number of nitrogens with one attached hydrogen (secondary N) is 2. The molecule has 1 fully saturated rings. The van der Waals surface area contributed by atoms with Gasteiger partial charge in [-0.25, -0.2) is 0 Å². The average molecular weight is 331 g/mol. The highest BCUT2D eigenvalue weighted by Gasteiger charge is 2.22. The van der Waals surface area contributed by atoms with Gasteiger partial charge in [0.2, 0.25) is 11.1 Å². The molecule has 0 radical (unpaired) electrons. The number of hydrogen-bond acceptors (Lipinski definition) is 5. The maximum absolute atomic E-state index is 12.1. The Morgan fingerprint density at radius 3 is 3.04 bits per heavy atom. The van der Waals surface area contributed by atoms with E-state index in [1.165, 1.54) is 31.0 Å². The maximum Gasteiger partial charge on any atom is 0.230 e. The molecule has 2 aromatic heterocycles. The third-order valence-corrected chi connectivity index (χ3v) is 5.01. The van der Waals surface area contributed by atoms with Gasteiger partial charge in [0, 0.05) is 12.2 Å². The molecule has 2 atom stereocenters. The van der Waals surface area contributed by atoms with Gasteiger partial charge in [-0.15, -0.1) is 5.10 Å². The van der Waals surface area contributed by atoms with Crippen LogP contribution in [0.4, 0.5) is 0 Å². The van der Waals surface area contributed by atoms with Crippen molar-refractivity contribution in [2.75, 3.05) is 5.75 Å². The molecular formula is C16H21N5OS. The van der Waals surface area contributed by atoms with E-state index in [0.717, 1.165) is 12.1 Å². The zero-order valence-corrected chi connectivity index (χ0v) is 14.0. The highest BCUT2D eigenvalue weighted by atomic mass is 32.2. The van der Waals surface area contributed by atoms with Gasteiger partial charge in [-0.05, 0) is 30.9 Å². The first kappa shape index (κ1) is 16.0. The lowest BCUT2D eigenvalue weighted by atomic mass is 9.86. The third-order valence-electron chi connectivity index (χ3n) is 4.16. The molecule has 7 heteroatoms. The highest BCUT2D eigenvalue weighted by Crippen LogP contribution is 2.24. The molecule has 0 saturated heterocycles. The van der Waals surface area contributed by atoms with Crippen LogP contribution >= 0.6 is 11.8 Å². The van der Waals surface area contributed by atoms with Gasteiger partial charge >= 0.3 is 0 Å². The molecule has 1 aliphatic carbocycles. The number of aromatic nitrogens is 4. The Balaban J connectivity index is 1.50. The lowest BCUT2D eigenvalue weighted by Crippen LogP contribution is -2.41. The molecule has 0 aliphatic heterocycles. The van der Waals surface area contributed by atoms with E-state index in [9.17, 15) is 4.79 Å². The molecule has 1 aliphatic rings. The first-order valence-electron chi connectivity index (χ1n) is 7.98. The van der Waals surface area contributed by atoms with Crippen LogP contribution in [0.5, 0.6) is 0 Å². The second-order valence-electron chi connectivity index (χ2n) is 5.91. The van der Waals surface area contributed by atoms with Crippen molar-refractivity contribution in [1.82, 2.24) is 25.5 Å². The summed E-state index contributed by atoms with van der Waals surface area (Å²) in [6, 6.07) is 5.93. The molecule has 122 valence electrons. The van der Waals surface area contributed by atoms with E-state index in [-0.39, 0.29) is 5.91 Å². The number of thioether (sulfide) groups is 1. The molecule has 0 unspecified atom stereocenters. The van der Waals surface area contributed by atoms with Crippen molar-refractivity contribution < 1.29 is 4.79 Å². The number of hydrogen-bond donors (Lipinski definition) is 2. The van der Waals surface area contributed by atoms with Crippen molar-refractivity contribution >= 4 is 17.7 Å². The highest BCUT2D eigenvalue weighted by molar-refractivity contribution is 7.99. The smallest absolute Gasteiger partial charge is 0.230 e. The number of aromatic amines is 1. The fraction of sp³-hybridized carbons (Fsp3) is 0.500. The quantitative estimate of drug-likeness (QED) is 0.823. The Bertz CT molecular complexity index is 645. The second kappa shape index (κ2) is 7.59. The van der Waals surface area contributed by atoms with Crippen LogP contribution in [0.25, 0.3) is 11.5 Å². The predicted molar refractivity (Wildman–Crippen MR) is 89.9 cm³/mol. The van der Waals surface area contributed by atoms with Crippen LogP contribution in [0.3, 0.4) is 0 Å². The van der Waals surface area contributed by atoms with Crippen molar-refractivity contribution in [2.45, 2.75) is 43.8 Å². The zero-order chi connectivity index (χ0) is 16.1. The number of H-pyrrole nitrogens is 1. The van der Waals surface area contributed by atoms with Gasteiger partial charge in [0.05, 0.1) is 5.75 Å². The average Bonchev–Trinajstić information content (AvgIpc) is 3.05. The van der Waals surface area contributed by atoms with E-state index in [2.05, 4.69) is 32.4 Å². The number of rotatable bonds is 5. The van der Waals surface area contributed by atoms with Gasteiger partial charge in [-0.1, -0.05) is 37.6 Å². The summed E-state index contributed by atoms with van der Waals surface area (Å²) in [7, 11) is 0. The molecule has 1 saturated carbocycles. The number of pyridine rings is 1. The Labute approximate surface area is 139 Å². The van der Waals surface area contributed by atoms with Crippen molar-refractivity contribution in [3.05, 3.63) is 24.4 Å². The van der Waals surface area contributed by atoms with E-state index in [1.807, 2.05) is 18.2 Å². The predicted octanol–water partition coefficient (Wildman–Crippen LogP) is 2.65. The van der Waals surface area contributed by atoms with Crippen LogP contribution in [0.2, 0.25) is 0 Å². The topological polar surface area (TPSA) is 83.6 Å². The minimum absolute atomic E-state index is 0.0536. The van der Waals surface area contributed by atoms with E-state index in [1.54, 1.807) is 6.20 Å². The van der Waals surface area contributed by atoms with Crippen LogP contribution in [-0.4, -0.2) is 37.9 Å². The summed E-state index contributed by atoms with van der Waals surface area (Å²) in [6.45, 7) is 2.21. The molecule has 2 N–H and O–H groups in total. The van der Waals surface area contributed by atoms with Crippen LogP contribution in [0.15, 0.2) is 29.6 Å². The van der Waals surface area contributed by atoms with Crippen molar-refractivity contribution in [2.24, 2.45) is 5.92 Å². The standard InChI is InChI=1S/C16H21N5OS/c1-11-6-2-3-7-12(11)18-14(22)10-23-16-19-15(20-21-16)13-8-4-5-9-17-13/h4-5,8-9,11-12H,2-3,6-7,10H2,1H3,(H,18,22)(H,19,20,21)/t11-,12-/m1/s1. The maximum atomic E-state index is 12.1.